The summed E-state index contributed by atoms with van der Waals surface area (Å²) in [6.45, 7) is 13.3. The molecule has 0 fully saturated rings. The molecule has 6 heteroatoms. The Labute approximate surface area is 181 Å². The third-order valence-corrected chi connectivity index (χ3v) is 4.85. The maximum Gasteiger partial charge on any atom is 0.319 e. The molecule has 0 bridgehead atoms. The van der Waals surface area contributed by atoms with Crippen LogP contribution in [0.3, 0.4) is 0 Å². The minimum Gasteiger partial charge on any atom is -0.465 e. The topological polar surface area (TPSA) is 58.6 Å². The zero-order chi connectivity index (χ0) is 21.9. The summed E-state index contributed by atoms with van der Waals surface area (Å²) in [6, 6.07) is 9.94. The Kier molecular flexibility index (Phi) is 17.3. The first-order valence-corrected chi connectivity index (χ1v) is 10.8. The summed E-state index contributed by atoms with van der Waals surface area (Å²) >= 11 is 5.63. The summed E-state index contributed by atoms with van der Waals surface area (Å²) < 4.78 is 4.78. The number of nitrogens with zero attached hydrogens (tertiary/aromatic N) is 1. The molecule has 0 atom stereocenters. The summed E-state index contributed by atoms with van der Waals surface area (Å²) in [7, 11) is 0. The molecule has 0 radical (unpaired) electrons. The Morgan fingerprint density at radius 3 is 2.10 bits per heavy atom. The van der Waals surface area contributed by atoms with Crippen molar-refractivity contribution in [3.05, 3.63) is 46.5 Å². The van der Waals surface area contributed by atoms with E-state index in [4.69, 9.17) is 16.3 Å². The smallest absolute Gasteiger partial charge is 0.319 e. The van der Waals surface area contributed by atoms with Crippen LogP contribution in [0.1, 0.15) is 52.5 Å². The van der Waals surface area contributed by atoms with Crippen LogP contribution >= 0.6 is 11.6 Å². The van der Waals surface area contributed by atoms with E-state index in [1.165, 1.54) is 19.6 Å². The highest BCUT2D eigenvalue weighted by Crippen LogP contribution is 2.26. The van der Waals surface area contributed by atoms with Crippen LogP contribution in [0.2, 0.25) is 0 Å². The van der Waals surface area contributed by atoms with E-state index in [-0.39, 0.29) is 12.5 Å². The fourth-order valence-electron chi connectivity index (χ4n) is 2.64. The van der Waals surface area contributed by atoms with Gasteiger partial charge in [-0.05, 0) is 51.4 Å². The Balaban J connectivity index is 0.000000444. The van der Waals surface area contributed by atoms with Crippen molar-refractivity contribution in [3.8, 4) is 0 Å². The molecule has 0 aliphatic heterocycles. The number of rotatable bonds is 9. The molecule has 0 saturated carbocycles. The van der Waals surface area contributed by atoms with Crippen LogP contribution in [0, 0.1) is 0 Å². The zero-order valence-electron chi connectivity index (χ0n) is 18.4. The minimum atomic E-state index is -0.205. The van der Waals surface area contributed by atoms with Crippen molar-refractivity contribution in [2.75, 3.05) is 32.8 Å². The normalized spacial score (nSPS) is 12.6. The van der Waals surface area contributed by atoms with Gasteiger partial charge in [0.25, 0.3) is 0 Å². The molecule has 1 aliphatic carbocycles. The van der Waals surface area contributed by atoms with Crippen molar-refractivity contribution in [2.24, 2.45) is 0 Å². The second-order valence-corrected chi connectivity index (χ2v) is 6.87. The number of ether oxygens (including phenoxy) is 1. The van der Waals surface area contributed by atoms with E-state index in [1.54, 1.807) is 6.92 Å². The van der Waals surface area contributed by atoms with Gasteiger partial charge in [0.05, 0.1) is 13.2 Å². The summed E-state index contributed by atoms with van der Waals surface area (Å²) in [5, 5.41) is 3.78. The number of carbonyl (C=O) groups is 2. The Morgan fingerprint density at radius 2 is 1.72 bits per heavy atom. The molecule has 0 heterocycles. The number of esters is 1. The zero-order valence-corrected chi connectivity index (χ0v) is 19.1. The van der Waals surface area contributed by atoms with Crippen LogP contribution in [0.5, 0.6) is 0 Å². The highest BCUT2D eigenvalue weighted by Gasteiger charge is 2.10. The van der Waals surface area contributed by atoms with E-state index in [0.29, 0.717) is 13.2 Å². The Bertz CT molecular complexity index is 582. The van der Waals surface area contributed by atoms with Crippen LogP contribution in [0.15, 0.2) is 40.9 Å². The van der Waals surface area contributed by atoms with E-state index in [1.807, 2.05) is 30.3 Å². The van der Waals surface area contributed by atoms with E-state index in [2.05, 4.69) is 31.0 Å². The van der Waals surface area contributed by atoms with Crippen LogP contribution in [-0.4, -0.2) is 49.9 Å². The summed E-state index contributed by atoms with van der Waals surface area (Å²) in [4.78, 5) is 23.4. The lowest BCUT2D eigenvalue weighted by Gasteiger charge is -2.13. The monoisotopic (exact) mass is 424 g/mol. The highest BCUT2D eigenvalue weighted by molar-refractivity contribution is 6.31. The van der Waals surface area contributed by atoms with Crippen molar-refractivity contribution >= 4 is 23.9 Å². The summed E-state index contributed by atoms with van der Waals surface area (Å²) in [5.41, 5.74) is 1.96. The lowest BCUT2D eigenvalue weighted by atomic mass is 10.2. The van der Waals surface area contributed by atoms with Crippen molar-refractivity contribution < 1.29 is 14.3 Å². The third-order valence-electron chi connectivity index (χ3n) is 4.42. The molecule has 0 spiro atoms. The fraction of sp³-hybridized carbons (Fsp3) is 0.565. The molecule has 0 saturated heterocycles. The number of aldehydes is 1. The third kappa shape index (κ3) is 14.0. The number of allylic oxidation sites excluding steroid dienone is 2. The van der Waals surface area contributed by atoms with E-state index >= 15 is 0 Å². The van der Waals surface area contributed by atoms with Gasteiger partial charge in [0.1, 0.15) is 6.29 Å². The van der Waals surface area contributed by atoms with Crippen LogP contribution in [0.25, 0.3) is 0 Å². The first-order valence-electron chi connectivity index (χ1n) is 10.5. The van der Waals surface area contributed by atoms with Crippen LogP contribution < -0.4 is 5.32 Å². The molecular formula is C23H37ClN2O3. The number of benzene rings is 1. The first-order chi connectivity index (χ1) is 14.0. The summed E-state index contributed by atoms with van der Waals surface area (Å²) in [6.07, 6.45) is 3.68. The highest BCUT2D eigenvalue weighted by atomic mass is 35.5. The second-order valence-electron chi connectivity index (χ2n) is 6.42. The van der Waals surface area contributed by atoms with Gasteiger partial charge in [-0.15, -0.1) is 0 Å². The van der Waals surface area contributed by atoms with Crippen LogP contribution in [0.4, 0.5) is 0 Å². The number of halogens is 1. The Hall–Kier alpha value is -1.69. The van der Waals surface area contributed by atoms with Crippen molar-refractivity contribution in [1.29, 1.82) is 0 Å². The molecule has 2 rings (SSSR count). The molecule has 1 aromatic carbocycles. The predicted octanol–water partition coefficient (Wildman–Crippen LogP) is 4.55. The van der Waals surface area contributed by atoms with Gasteiger partial charge in [-0.2, -0.15) is 0 Å². The van der Waals surface area contributed by atoms with Crippen molar-refractivity contribution in [3.63, 3.8) is 0 Å². The second kappa shape index (κ2) is 18.3. The van der Waals surface area contributed by atoms with Gasteiger partial charge in [0.2, 0.25) is 0 Å². The molecule has 5 nitrogen and oxygen atoms in total. The fourth-order valence-corrected chi connectivity index (χ4v) is 2.91. The van der Waals surface area contributed by atoms with E-state index in [9.17, 15) is 9.59 Å². The van der Waals surface area contributed by atoms with E-state index in [0.717, 1.165) is 41.7 Å². The van der Waals surface area contributed by atoms with Gasteiger partial charge >= 0.3 is 5.97 Å². The molecule has 164 valence electrons. The molecule has 0 amide bonds. The van der Waals surface area contributed by atoms with Gasteiger partial charge in [-0.1, -0.05) is 62.7 Å². The predicted molar refractivity (Wildman–Crippen MR) is 121 cm³/mol. The lowest BCUT2D eigenvalue weighted by Crippen LogP contribution is -2.24. The molecule has 1 aliphatic rings. The van der Waals surface area contributed by atoms with E-state index < -0.39 is 0 Å². The molecule has 1 aromatic rings. The molecular weight excluding hydrogens is 388 g/mol. The number of hydrogen-bond acceptors (Lipinski definition) is 5. The van der Waals surface area contributed by atoms with Gasteiger partial charge in [0, 0.05) is 17.2 Å². The molecule has 0 aromatic heterocycles. The number of nitrogens with one attached hydrogen (secondary N) is 1. The number of hydrogen-bond donors (Lipinski definition) is 1. The molecule has 0 unspecified atom stereocenters. The average molecular weight is 425 g/mol. The molecule has 29 heavy (non-hydrogen) atoms. The van der Waals surface area contributed by atoms with Gasteiger partial charge in [-0.25, -0.2) is 0 Å². The maximum atomic E-state index is 10.9. The van der Waals surface area contributed by atoms with Gasteiger partial charge in [0.15, 0.2) is 0 Å². The van der Waals surface area contributed by atoms with Crippen molar-refractivity contribution in [1.82, 2.24) is 10.2 Å². The largest absolute Gasteiger partial charge is 0.465 e. The quantitative estimate of drug-likeness (QED) is 0.465. The maximum absolute atomic E-state index is 10.9. The van der Waals surface area contributed by atoms with Gasteiger partial charge < -0.3 is 15.0 Å². The molecule has 1 N–H and O–H groups in total. The first kappa shape index (κ1) is 27.3. The SMILES string of the molecule is CCN(CC)CC.CCOC(=O)CNCc1ccccc1.O=CC1=C(Cl)CCC1. The standard InChI is InChI=1S/C11H15NO2.C6H7ClO.C6H15N/c1-2-14-11(13)9-12-8-10-6-4-3-5-7-10;7-6-3-1-2-5(6)4-8;1-4-7(5-2)6-3/h3-7,12H,2,8-9H2,1H3;4H,1-3H2;4-6H2,1-3H3. The minimum absolute atomic E-state index is 0.205. The lowest BCUT2D eigenvalue weighted by molar-refractivity contribution is -0.142. The number of carbonyl (C=O) groups excluding carboxylic acids is 2. The average Bonchev–Trinajstić information content (AvgIpc) is 3.16. The summed E-state index contributed by atoms with van der Waals surface area (Å²) in [5.74, 6) is -0.205. The Morgan fingerprint density at radius 1 is 1.10 bits per heavy atom. The van der Waals surface area contributed by atoms with Gasteiger partial charge in [-0.3, -0.25) is 9.59 Å². The van der Waals surface area contributed by atoms with Crippen molar-refractivity contribution in [2.45, 2.75) is 53.5 Å². The van der Waals surface area contributed by atoms with Crippen LogP contribution in [-0.2, 0) is 20.9 Å².